The maximum absolute atomic E-state index is 12.6. The lowest BCUT2D eigenvalue weighted by atomic mass is 9.88. The molecule has 0 aromatic heterocycles. The number of phenolic OH excluding ortho intramolecular Hbond substituents is 1. The van der Waals surface area contributed by atoms with Crippen molar-refractivity contribution in [2.24, 2.45) is 0 Å². The highest BCUT2D eigenvalue weighted by Crippen LogP contribution is 2.32. The Morgan fingerprint density at radius 3 is 2.50 bits per heavy atom. The van der Waals surface area contributed by atoms with E-state index in [0.717, 1.165) is 12.0 Å². The van der Waals surface area contributed by atoms with E-state index in [9.17, 15) is 15.0 Å². The molecule has 1 aliphatic carbocycles. The van der Waals surface area contributed by atoms with Gasteiger partial charge in [-0.2, -0.15) is 0 Å². The fourth-order valence-electron chi connectivity index (χ4n) is 2.83. The van der Waals surface area contributed by atoms with E-state index < -0.39 is 0 Å². The van der Waals surface area contributed by atoms with Gasteiger partial charge in [-0.05, 0) is 48.6 Å². The van der Waals surface area contributed by atoms with Gasteiger partial charge in [-0.15, -0.1) is 0 Å². The van der Waals surface area contributed by atoms with Gasteiger partial charge in [-0.3, -0.25) is 4.79 Å². The van der Waals surface area contributed by atoms with Crippen molar-refractivity contribution in [1.29, 1.82) is 0 Å². The number of aromatic hydroxyl groups is 1. The predicted octanol–water partition coefficient (Wildman–Crippen LogP) is 5.31. The molecule has 3 rings (SSSR count). The summed E-state index contributed by atoms with van der Waals surface area (Å²) in [6, 6.07) is 13.8. The maximum Gasteiger partial charge on any atom is 0.192 e. The Morgan fingerprint density at radius 1 is 1.04 bits per heavy atom. The van der Waals surface area contributed by atoms with Crippen LogP contribution in [0, 0.1) is 0 Å². The Kier molecular flexibility index (Phi) is 4.72. The van der Waals surface area contributed by atoms with Crippen LogP contribution in [0.3, 0.4) is 0 Å². The average molecular weight is 341 g/mol. The maximum atomic E-state index is 12.6. The Balaban J connectivity index is 1.96. The number of rotatable bonds is 3. The monoisotopic (exact) mass is 340 g/mol. The van der Waals surface area contributed by atoms with E-state index in [4.69, 9.17) is 11.6 Å². The molecule has 0 heterocycles. The van der Waals surface area contributed by atoms with Crippen molar-refractivity contribution in [1.82, 2.24) is 0 Å². The minimum Gasteiger partial charge on any atom is -0.507 e. The first kappa shape index (κ1) is 16.3. The number of aliphatic hydroxyl groups excluding tert-OH is 1. The molecule has 2 aromatic rings. The van der Waals surface area contributed by atoms with E-state index in [1.54, 1.807) is 30.3 Å². The van der Waals surface area contributed by atoms with Crippen molar-refractivity contribution in [3.63, 3.8) is 0 Å². The fourth-order valence-corrected chi connectivity index (χ4v) is 3.01. The Hall–Kier alpha value is -2.52. The van der Waals surface area contributed by atoms with Crippen LogP contribution in [0.1, 0.15) is 35.2 Å². The van der Waals surface area contributed by atoms with Gasteiger partial charge in [0.1, 0.15) is 11.5 Å². The molecule has 0 saturated carbocycles. The van der Waals surface area contributed by atoms with Crippen LogP contribution in [0.15, 0.2) is 65.4 Å². The van der Waals surface area contributed by atoms with Crippen LogP contribution in [0.25, 0.3) is 6.08 Å². The molecule has 0 atom stereocenters. The van der Waals surface area contributed by atoms with Gasteiger partial charge in [0, 0.05) is 11.1 Å². The van der Waals surface area contributed by atoms with Gasteiger partial charge < -0.3 is 10.2 Å². The molecule has 0 spiro atoms. The number of Topliss-reactive ketones (excluding diaryl/α,β-unsaturated/α-hetero) is 1. The van der Waals surface area contributed by atoms with Crippen molar-refractivity contribution >= 4 is 23.5 Å². The van der Waals surface area contributed by atoms with Crippen LogP contribution in [-0.2, 0) is 0 Å². The van der Waals surface area contributed by atoms with Crippen LogP contribution < -0.4 is 0 Å². The Bertz CT molecular complexity index is 835. The zero-order valence-corrected chi connectivity index (χ0v) is 13.8. The van der Waals surface area contributed by atoms with Crippen LogP contribution in [-0.4, -0.2) is 16.0 Å². The third kappa shape index (κ3) is 3.36. The van der Waals surface area contributed by atoms with E-state index in [0.29, 0.717) is 29.6 Å². The number of halogens is 1. The number of ketones is 1. The van der Waals surface area contributed by atoms with E-state index >= 15 is 0 Å². The normalized spacial score (nSPS) is 16.5. The summed E-state index contributed by atoms with van der Waals surface area (Å²) in [7, 11) is 0. The summed E-state index contributed by atoms with van der Waals surface area (Å²) in [4.78, 5) is 12.6. The second-order valence-electron chi connectivity index (χ2n) is 5.76. The molecule has 4 heteroatoms. The molecular formula is C20H17ClO3. The summed E-state index contributed by atoms with van der Waals surface area (Å²) in [6.45, 7) is 0. The second-order valence-corrected chi connectivity index (χ2v) is 6.16. The van der Waals surface area contributed by atoms with E-state index in [2.05, 4.69) is 0 Å². The van der Waals surface area contributed by atoms with Gasteiger partial charge in [0.05, 0.1) is 5.02 Å². The van der Waals surface area contributed by atoms with Gasteiger partial charge >= 0.3 is 0 Å². The molecule has 24 heavy (non-hydrogen) atoms. The molecule has 0 saturated heterocycles. The first-order valence-electron chi connectivity index (χ1n) is 7.77. The summed E-state index contributed by atoms with van der Waals surface area (Å²) in [5.41, 5.74) is 2.51. The van der Waals surface area contributed by atoms with Crippen molar-refractivity contribution in [3.8, 4) is 5.75 Å². The topological polar surface area (TPSA) is 57.5 Å². The summed E-state index contributed by atoms with van der Waals surface area (Å²) in [5, 5.41) is 20.3. The largest absolute Gasteiger partial charge is 0.507 e. The number of benzene rings is 2. The summed E-state index contributed by atoms with van der Waals surface area (Å²) in [5.74, 6) is -0.0658. The quantitative estimate of drug-likeness (QED) is 0.744. The predicted molar refractivity (Wildman–Crippen MR) is 95.4 cm³/mol. The fraction of sp³-hybridized carbons (Fsp3) is 0.150. The van der Waals surface area contributed by atoms with Gasteiger partial charge in [0.2, 0.25) is 0 Å². The zero-order chi connectivity index (χ0) is 17.1. The molecule has 0 bridgehead atoms. The number of aliphatic hydroxyl groups is 1. The number of carbonyl (C=O) groups excluding carboxylic acids is 1. The molecule has 122 valence electrons. The first-order valence-corrected chi connectivity index (χ1v) is 8.15. The smallest absolute Gasteiger partial charge is 0.192 e. The van der Waals surface area contributed by atoms with Crippen LogP contribution >= 0.6 is 11.6 Å². The number of allylic oxidation sites excluding steroid dienone is 2. The van der Waals surface area contributed by atoms with E-state index in [1.165, 1.54) is 6.07 Å². The number of carbonyl (C=O) groups is 1. The summed E-state index contributed by atoms with van der Waals surface area (Å²) in [6.07, 6.45) is 3.86. The molecule has 2 N–H and O–H groups in total. The van der Waals surface area contributed by atoms with Crippen LogP contribution in [0.5, 0.6) is 5.75 Å². The van der Waals surface area contributed by atoms with Crippen molar-refractivity contribution in [2.75, 3.05) is 0 Å². The minimum absolute atomic E-state index is 0.0159. The highest BCUT2D eigenvalue weighted by Gasteiger charge is 2.23. The minimum atomic E-state index is -0.137. The third-order valence-corrected chi connectivity index (χ3v) is 4.39. The van der Waals surface area contributed by atoms with Crippen molar-refractivity contribution < 1.29 is 15.0 Å². The van der Waals surface area contributed by atoms with Crippen LogP contribution in [0.4, 0.5) is 0 Å². The number of hydrogen-bond acceptors (Lipinski definition) is 3. The number of phenols is 1. The lowest BCUT2D eigenvalue weighted by molar-refractivity contribution is 0.102. The van der Waals surface area contributed by atoms with Crippen molar-refractivity contribution in [2.45, 2.75) is 19.3 Å². The lowest BCUT2D eigenvalue weighted by Crippen LogP contribution is -2.12. The number of hydrogen-bond donors (Lipinski definition) is 2. The SMILES string of the molecule is O=C(C1=C(O)/C(=C/c2ccc(O)c(Cl)c2)CCC1)c1ccccc1. The van der Waals surface area contributed by atoms with Gasteiger partial charge in [0.25, 0.3) is 0 Å². The van der Waals surface area contributed by atoms with Gasteiger partial charge in [-0.25, -0.2) is 0 Å². The summed E-state index contributed by atoms with van der Waals surface area (Å²) >= 11 is 5.92. The van der Waals surface area contributed by atoms with Gasteiger partial charge in [-0.1, -0.05) is 48.0 Å². The highest BCUT2D eigenvalue weighted by molar-refractivity contribution is 6.32. The molecule has 0 unspecified atom stereocenters. The Morgan fingerprint density at radius 2 is 1.79 bits per heavy atom. The standard InChI is InChI=1S/C20H17ClO3/c21-17-12-13(9-10-18(17)22)11-15-7-4-8-16(20(15)24)19(23)14-5-2-1-3-6-14/h1-3,5-6,9-12,22,24H,4,7-8H2/b15-11+. The zero-order valence-electron chi connectivity index (χ0n) is 13.0. The molecule has 0 radical (unpaired) electrons. The highest BCUT2D eigenvalue weighted by atomic mass is 35.5. The molecule has 1 aliphatic rings. The third-order valence-electron chi connectivity index (χ3n) is 4.09. The van der Waals surface area contributed by atoms with Crippen LogP contribution in [0.2, 0.25) is 5.02 Å². The average Bonchev–Trinajstić information content (AvgIpc) is 2.60. The van der Waals surface area contributed by atoms with E-state index in [1.807, 2.05) is 18.2 Å². The summed E-state index contributed by atoms with van der Waals surface area (Å²) < 4.78 is 0. The Labute approximate surface area is 145 Å². The van der Waals surface area contributed by atoms with Crippen molar-refractivity contribution in [3.05, 3.63) is 81.6 Å². The molecule has 3 nitrogen and oxygen atoms in total. The first-order chi connectivity index (χ1) is 11.6. The van der Waals surface area contributed by atoms with Gasteiger partial charge in [0.15, 0.2) is 5.78 Å². The molecule has 0 fully saturated rings. The molecule has 0 aliphatic heterocycles. The lowest BCUT2D eigenvalue weighted by Gasteiger charge is -2.18. The second kappa shape index (κ2) is 6.93. The molecule has 2 aromatic carbocycles. The molecule has 0 amide bonds. The molecular weight excluding hydrogens is 324 g/mol. The van der Waals surface area contributed by atoms with E-state index in [-0.39, 0.29) is 22.3 Å².